The zero-order valence-electron chi connectivity index (χ0n) is 16.2. The fraction of sp³-hybridized carbons (Fsp3) is 0.435. The van der Waals surface area contributed by atoms with Gasteiger partial charge in [0, 0.05) is 25.8 Å². The number of nitrogens with zero attached hydrogens (tertiary/aromatic N) is 1. The van der Waals surface area contributed by atoms with Gasteiger partial charge in [-0.3, -0.25) is 9.69 Å². The standard InChI is InChI=1S/C23H30N2O2/c1-27-18-21-11-4-5-12-22(21)23(26)24-16-19-9-8-10-20(15-19)17-25-13-6-2-3-7-14-25/h4-5,8-12,15H,2-3,6-7,13-14,16-18H2,1H3,(H,24,26). The smallest absolute Gasteiger partial charge is 0.251 e. The predicted molar refractivity (Wildman–Crippen MR) is 109 cm³/mol. The number of carbonyl (C=O) groups is 1. The summed E-state index contributed by atoms with van der Waals surface area (Å²) in [5.41, 5.74) is 4.05. The second kappa shape index (κ2) is 10.2. The molecule has 3 rings (SSSR count). The van der Waals surface area contributed by atoms with Crippen LogP contribution in [0.5, 0.6) is 0 Å². The molecule has 1 aliphatic heterocycles. The predicted octanol–water partition coefficient (Wildman–Crippen LogP) is 4.14. The van der Waals surface area contributed by atoms with E-state index in [1.54, 1.807) is 7.11 Å². The topological polar surface area (TPSA) is 41.6 Å². The lowest BCUT2D eigenvalue weighted by Gasteiger charge is -2.20. The van der Waals surface area contributed by atoms with Gasteiger partial charge in [0.25, 0.3) is 5.91 Å². The van der Waals surface area contributed by atoms with Crippen molar-refractivity contribution in [2.45, 2.75) is 45.4 Å². The number of benzene rings is 2. The van der Waals surface area contributed by atoms with Crippen molar-refractivity contribution in [1.82, 2.24) is 10.2 Å². The van der Waals surface area contributed by atoms with Gasteiger partial charge in [0.15, 0.2) is 0 Å². The van der Waals surface area contributed by atoms with E-state index < -0.39 is 0 Å². The highest BCUT2D eigenvalue weighted by atomic mass is 16.5. The molecule has 2 aromatic rings. The molecule has 2 aromatic carbocycles. The monoisotopic (exact) mass is 366 g/mol. The van der Waals surface area contributed by atoms with E-state index in [0.717, 1.165) is 17.7 Å². The van der Waals surface area contributed by atoms with Crippen LogP contribution in [0.4, 0.5) is 0 Å². The zero-order valence-corrected chi connectivity index (χ0v) is 16.2. The minimum Gasteiger partial charge on any atom is -0.380 e. The van der Waals surface area contributed by atoms with Crippen LogP contribution in [-0.4, -0.2) is 31.0 Å². The minimum atomic E-state index is -0.0550. The van der Waals surface area contributed by atoms with Crippen LogP contribution in [0.2, 0.25) is 0 Å². The maximum Gasteiger partial charge on any atom is 0.251 e. The molecule has 0 bridgehead atoms. The molecule has 1 amide bonds. The summed E-state index contributed by atoms with van der Waals surface area (Å²) in [5.74, 6) is -0.0550. The fourth-order valence-corrected chi connectivity index (χ4v) is 3.69. The van der Waals surface area contributed by atoms with Crippen molar-refractivity contribution < 1.29 is 9.53 Å². The molecular formula is C23H30N2O2. The van der Waals surface area contributed by atoms with E-state index in [0.29, 0.717) is 18.7 Å². The molecule has 1 saturated heterocycles. The number of methoxy groups -OCH3 is 1. The average Bonchev–Trinajstić information content (AvgIpc) is 2.96. The second-order valence-electron chi connectivity index (χ2n) is 7.28. The lowest BCUT2D eigenvalue weighted by molar-refractivity contribution is 0.0946. The van der Waals surface area contributed by atoms with Gasteiger partial charge >= 0.3 is 0 Å². The number of nitrogens with one attached hydrogen (secondary N) is 1. The first-order valence-electron chi connectivity index (χ1n) is 9.91. The van der Waals surface area contributed by atoms with Gasteiger partial charge in [-0.1, -0.05) is 55.3 Å². The summed E-state index contributed by atoms with van der Waals surface area (Å²) in [6, 6.07) is 16.2. The van der Waals surface area contributed by atoms with Crippen LogP contribution in [0, 0.1) is 0 Å². The molecule has 4 heteroatoms. The van der Waals surface area contributed by atoms with Gasteiger partial charge in [0.05, 0.1) is 6.61 Å². The van der Waals surface area contributed by atoms with Crippen LogP contribution in [-0.2, 0) is 24.4 Å². The molecule has 0 aromatic heterocycles. The number of carbonyl (C=O) groups excluding carboxylic acids is 1. The summed E-state index contributed by atoms with van der Waals surface area (Å²) in [6.45, 7) is 4.36. The van der Waals surface area contributed by atoms with E-state index in [4.69, 9.17) is 4.74 Å². The van der Waals surface area contributed by atoms with Crippen molar-refractivity contribution in [3.05, 3.63) is 70.8 Å². The Morgan fingerprint density at radius 3 is 2.52 bits per heavy atom. The number of rotatable bonds is 7. The lowest BCUT2D eigenvalue weighted by Crippen LogP contribution is -2.25. The van der Waals surface area contributed by atoms with Gasteiger partial charge in [-0.05, 0) is 48.7 Å². The normalized spacial score (nSPS) is 15.3. The van der Waals surface area contributed by atoms with Crippen LogP contribution in [0.15, 0.2) is 48.5 Å². The highest BCUT2D eigenvalue weighted by Crippen LogP contribution is 2.15. The van der Waals surface area contributed by atoms with Gasteiger partial charge in [-0.15, -0.1) is 0 Å². The number of ether oxygens (including phenoxy) is 1. The Morgan fingerprint density at radius 1 is 1.00 bits per heavy atom. The van der Waals surface area contributed by atoms with Crippen LogP contribution in [0.3, 0.4) is 0 Å². The third-order valence-electron chi connectivity index (χ3n) is 5.11. The summed E-state index contributed by atoms with van der Waals surface area (Å²) >= 11 is 0. The van der Waals surface area contributed by atoms with Gasteiger partial charge < -0.3 is 10.1 Å². The molecule has 1 heterocycles. The molecule has 27 heavy (non-hydrogen) atoms. The van der Waals surface area contributed by atoms with Crippen LogP contribution in [0.1, 0.15) is 52.7 Å². The van der Waals surface area contributed by atoms with Crippen molar-refractivity contribution in [2.24, 2.45) is 0 Å². The molecule has 0 atom stereocenters. The molecule has 0 radical (unpaired) electrons. The summed E-state index contributed by atoms with van der Waals surface area (Å²) < 4.78 is 5.19. The summed E-state index contributed by atoms with van der Waals surface area (Å²) in [4.78, 5) is 15.1. The SMILES string of the molecule is COCc1ccccc1C(=O)NCc1cccc(CN2CCCCCC2)c1. The number of hydrogen-bond acceptors (Lipinski definition) is 3. The van der Waals surface area contributed by atoms with Gasteiger partial charge in [-0.2, -0.15) is 0 Å². The molecule has 0 spiro atoms. The molecule has 1 fully saturated rings. The van der Waals surface area contributed by atoms with Gasteiger partial charge in [-0.25, -0.2) is 0 Å². The quantitative estimate of drug-likeness (QED) is 0.801. The van der Waals surface area contributed by atoms with Gasteiger partial charge in [0.2, 0.25) is 0 Å². The van der Waals surface area contributed by atoms with E-state index in [9.17, 15) is 4.79 Å². The van der Waals surface area contributed by atoms with Crippen LogP contribution >= 0.6 is 0 Å². The first-order chi connectivity index (χ1) is 13.3. The first-order valence-corrected chi connectivity index (χ1v) is 9.91. The van der Waals surface area contributed by atoms with E-state index in [-0.39, 0.29) is 5.91 Å². The fourth-order valence-electron chi connectivity index (χ4n) is 3.69. The average molecular weight is 367 g/mol. The summed E-state index contributed by atoms with van der Waals surface area (Å²) in [5, 5.41) is 3.05. The molecule has 1 aliphatic rings. The van der Waals surface area contributed by atoms with E-state index in [2.05, 4.69) is 34.5 Å². The Hall–Kier alpha value is -2.17. The van der Waals surface area contributed by atoms with Crippen molar-refractivity contribution in [2.75, 3.05) is 20.2 Å². The van der Waals surface area contributed by atoms with Crippen molar-refractivity contribution in [3.63, 3.8) is 0 Å². The maximum absolute atomic E-state index is 12.6. The molecule has 1 N–H and O–H groups in total. The Morgan fingerprint density at radius 2 is 1.74 bits per heavy atom. The highest BCUT2D eigenvalue weighted by Gasteiger charge is 2.12. The number of hydrogen-bond donors (Lipinski definition) is 1. The third kappa shape index (κ3) is 5.91. The summed E-state index contributed by atoms with van der Waals surface area (Å²) in [7, 11) is 1.64. The van der Waals surface area contributed by atoms with E-state index in [1.165, 1.54) is 44.3 Å². The third-order valence-corrected chi connectivity index (χ3v) is 5.11. The molecule has 144 valence electrons. The van der Waals surface area contributed by atoms with Crippen molar-refractivity contribution >= 4 is 5.91 Å². The highest BCUT2D eigenvalue weighted by molar-refractivity contribution is 5.95. The van der Waals surface area contributed by atoms with Crippen LogP contribution in [0.25, 0.3) is 0 Å². The second-order valence-corrected chi connectivity index (χ2v) is 7.28. The number of amides is 1. The Bertz CT molecular complexity index is 737. The molecule has 0 aliphatic carbocycles. The maximum atomic E-state index is 12.6. The Labute approximate surface area is 162 Å². The van der Waals surface area contributed by atoms with Crippen molar-refractivity contribution in [3.8, 4) is 0 Å². The Kier molecular flexibility index (Phi) is 7.43. The molecule has 4 nitrogen and oxygen atoms in total. The number of likely N-dealkylation sites (tertiary alicyclic amines) is 1. The largest absolute Gasteiger partial charge is 0.380 e. The molecule has 0 unspecified atom stereocenters. The van der Waals surface area contributed by atoms with Crippen LogP contribution < -0.4 is 5.32 Å². The van der Waals surface area contributed by atoms with E-state index in [1.807, 2.05) is 24.3 Å². The minimum absolute atomic E-state index is 0.0550. The van der Waals surface area contributed by atoms with E-state index >= 15 is 0 Å². The molecular weight excluding hydrogens is 336 g/mol. The lowest BCUT2D eigenvalue weighted by atomic mass is 10.1. The first kappa shape index (κ1) is 19.6. The van der Waals surface area contributed by atoms with Gasteiger partial charge in [0.1, 0.15) is 0 Å². The summed E-state index contributed by atoms with van der Waals surface area (Å²) in [6.07, 6.45) is 5.31. The Balaban J connectivity index is 1.59. The zero-order chi connectivity index (χ0) is 18.9. The van der Waals surface area contributed by atoms with Crippen molar-refractivity contribution in [1.29, 1.82) is 0 Å². The molecule has 0 saturated carbocycles.